The summed E-state index contributed by atoms with van der Waals surface area (Å²) in [6.45, 7) is 2.10. The van der Waals surface area contributed by atoms with E-state index in [1.165, 1.54) is 0 Å². The molecule has 0 fully saturated rings. The van der Waals surface area contributed by atoms with Gasteiger partial charge in [0.05, 0.1) is 0 Å². The number of pyridine rings is 1. The fraction of sp³-hybridized carbons (Fsp3) is 0.286. The molecule has 0 aliphatic heterocycles. The van der Waals surface area contributed by atoms with E-state index in [4.69, 9.17) is 0 Å². The second kappa shape index (κ2) is 4.63. The summed E-state index contributed by atoms with van der Waals surface area (Å²) in [5, 5.41) is 0. The van der Waals surface area contributed by atoms with E-state index >= 15 is 0 Å². The van der Waals surface area contributed by atoms with Gasteiger partial charge in [0.2, 0.25) is 0 Å². The number of nitrogens with zero attached hydrogens (tertiary/aromatic N) is 1. The zero-order valence-electron chi connectivity index (χ0n) is 5.67. The summed E-state index contributed by atoms with van der Waals surface area (Å²) < 4.78 is 0. The molecule has 0 aliphatic rings. The largest absolute Gasteiger partial charge is 0.261 e. The molecule has 0 N–H and O–H groups in total. The van der Waals surface area contributed by atoms with Crippen molar-refractivity contribution in [1.29, 1.82) is 0 Å². The van der Waals surface area contributed by atoms with Gasteiger partial charge in [0.15, 0.2) is 0 Å². The first kappa shape index (κ1) is 8.77. The summed E-state index contributed by atoms with van der Waals surface area (Å²) in [4.78, 5) is 4.10. The molecule has 2 heteroatoms. The van der Waals surface area contributed by atoms with Crippen LogP contribution in [-0.4, -0.2) is 4.98 Å². The smallest absolute Gasteiger partial charge is 0.0400 e. The van der Waals surface area contributed by atoms with Crippen LogP contribution < -0.4 is 0 Å². The molecular formula is C7H9NZn. The van der Waals surface area contributed by atoms with Crippen LogP contribution >= 0.6 is 0 Å². The SMILES string of the molecule is CCc1ccccn1.[Zn]. The molecule has 0 spiro atoms. The third kappa shape index (κ3) is 2.71. The van der Waals surface area contributed by atoms with Crippen molar-refractivity contribution in [3.63, 3.8) is 0 Å². The van der Waals surface area contributed by atoms with Crippen molar-refractivity contribution in [3.8, 4) is 0 Å². The third-order valence-corrected chi connectivity index (χ3v) is 1.09. The molecule has 44 valence electrons. The Kier molecular flexibility index (Phi) is 4.52. The van der Waals surface area contributed by atoms with E-state index in [-0.39, 0.29) is 19.5 Å². The molecule has 0 bridgehead atoms. The third-order valence-electron chi connectivity index (χ3n) is 1.09. The predicted molar refractivity (Wildman–Crippen MR) is 33.6 cm³/mol. The van der Waals surface area contributed by atoms with Gasteiger partial charge in [0, 0.05) is 31.4 Å². The van der Waals surface area contributed by atoms with Gasteiger partial charge in [-0.3, -0.25) is 4.98 Å². The summed E-state index contributed by atoms with van der Waals surface area (Å²) in [6.07, 6.45) is 2.85. The van der Waals surface area contributed by atoms with Gasteiger partial charge in [-0.15, -0.1) is 0 Å². The van der Waals surface area contributed by atoms with Crippen LogP contribution in [0.4, 0.5) is 0 Å². The maximum atomic E-state index is 4.10. The van der Waals surface area contributed by atoms with E-state index in [9.17, 15) is 0 Å². The molecule has 9 heavy (non-hydrogen) atoms. The van der Waals surface area contributed by atoms with Crippen molar-refractivity contribution in [2.75, 3.05) is 0 Å². The maximum absolute atomic E-state index is 4.10. The van der Waals surface area contributed by atoms with Crippen LogP contribution in [0.3, 0.4) is 0 Å². The van der Waals surface area contributed by atoms with Gasteiger partial charge in [-0.05, 0) is 18.6 Å². The van der Waals surface area contributed by atoms with Crippen molar-refractivity contribution >= 4 is 0 Å². The zero-order valence-corrected chi connectivity index (χ0v) is 8.64. The number of hydrogen-bond acceptors (Lipinski definition) is 1. The Morgan fingerprint density at radius 2 is 2.22 bits per heavy atom. The van der Waals surface area contributed by atoms with Gasteiger partial charge in [0.1, 0.15) is 0 Å². The molecule has 0 radical (unpaired) electrons. The first-order chi connectivity index (χ1) is 3.93. The molecule has 0 saturated heterocycles. The second-order valence-electron chi connectivity index (χ2n) is 1.67. The van der Waals surface area contributed by atoms with Crippen molar-refractivity contribution in [2.24, 2.45) is 0 Å². The molecule has 0 aromatic carbocycles. The van der Waals surface area contributed by atoms with Crippen molar-refractivity contribution in [1.82, 2.24) is 4.98 Å². The minimum absolute atomic E-state index is 0. The fourth-order valence-electron chi connectivity index (χ4n) is 0.607. The normalized spacial score (nSPS) is 8.11. The van der Waals surface area contributed by atoms with Crippen LogP contribution in [0.25, 0.3) is 0 Å². The van der Waals surface area contributed by atoms with Gasteiger partial charge >= 0.3 is 0 Å². The Labute approximate surface area is 68.3 Å². The van der Waals surface area contributed by atoms with Gasteiger partial charge in [-0.25, -0.2) is 0 Å². The van der Waals surface area contributed by atoms with Crippen LogP contribution in [0.5, 0.6) is 0 Å². The van der Waals surface area contributed by atoms with Crippen molar-refractivity contribution in [2.45, 2.75) is 13.3 Å². The topological polar surface area (TPSA) is 12.9 Å². The first-order valence-electron chi connectivity index (χ1n) is 2.83. The molecule has 0 amide bonds. The second-order valence-corrected chi connectivity index (χ2v) is 1.67. The molecule has 0 atom stereocenters. The minimum atomic E-state index is 0. The quantitative estimate of drug-likeness (QED) is 0.587. The molecule has 1 nitrogen and oxygen atoms in total. The molecule has 1 rings (SSSR count). The molecular weight excluding hydrogens is 163 g/mol. The van der Waals surface area contributed by atoms with E-state index in [0.717, 1.165) is 12.1 Å². The van der Waals surface area contributed by atoms with Crippen LogP contribution in [0, 0.1) is 0 Å². The monoisotopic (exact) mass is 171 g/mol. The molecule has 0 unspecified atom stereocenters. The number of aromatic nitrogens is 1. The average molecular weight is 173 g/mol. The van der Waals surface area contributed by atoms with E-state index in [2.05, 4.69) is 11.9 Å². The zero-order chi connectivity index (χ0) is 5.82. The summed E-state index contributed by atoms with van der Waals surface area (Å²) >= 11 is 0. The Hall–Kier alpha value is -0.227. The van der Waals surface area contributed by atoms with E-state index < -0.39 is 0 Å². The standard InChI is InChI=1S/C7H9N.Zn/c1-2-7-5-3-4-6-8-7;/h3-6H,2H2,1H3;. The van der Waals surface area contributed by atoms with E-state index in [1.807, 2.05) is 24.4 Å². The van der Waals surface area contributed by atoms with Crippen LogP contribution in [0.15, 0.2) is 24.4 Å². The summed E-state index contributed by atoms with van der Waals surface area (Å²) in [5.41, 5.74) is 1.16. The van der Waals surface area contributed by atoms with Gasteiger partial charge < -0.3 is 0 Å². The van der Waals surface area contributed by atoms with Crippen LogP contribution in [-0.2, 0) is 25.9 Å². The Morgan fingerprint density at radius 1 is 1.44 bits per heavy atom. The first-order valence-corrected chi connectivity index (χ1v) is 2.83. The predicted octanol–water partition coefficient (Wildman–Crippen LogP) is 1.64. The minimum Gasteiger partial charge on any atom is -0.261 e. The van der Waals surface area contributed by atoms with E-state index in [0.29, 0.717) is 0 Å². The Balaban J connectivity index is 0.000000640. The van der Waals surface area contributed by atoms with Crippen LogP contribution in [0.2, 0.25) is 0 Å². The summed E-state index contributed by atoms with van der Waals surface area (Å²) in [7, 11) is 0. The molecule has 0 saturated carbocycles. The number of aryl methyl sites for hydroxylation is 1. The Morgan fingerprint density at radius 3 is 2.56 bits per heavy atom. The average Bonchev–Trinajstić information content (AvgIpc) is 1.90. The molecule has 1 heterocycles. The maximum Gasteiger partial charge on any atom is 0.0400 e. The van der Waals surface area contributed by atoms with Crippen molar-refractivity contribution in [3.05, 3.63) is 30.1 Å². The van der Waals surface area contributed by atoms with E-state index in [1.54, 1.807) is 0 Å². The Bertz CT molecular complexity index is 150. The number of hydrogen-bond donors (Lipinski definition) is 0. The molecule has 1 aromatic rings. The fourth-order valence-corrected chi connectivity index (χ4v) is 0.607. The van der Waals surface area contributed by atoms with Gasteiger partial charge in [0.25, 0.3) is 0 Å². The summed E-state index contributed by atoms with van der Waals surface area (Å²) in [6, 6.07) is 5.96. The summed E-state index contributed by atoms with van der Waals surface area (Å²) in [5.74, 6) is 0. The van der Waals surface area contributed by atoms with Crippen LogP contribution in [0.1, 0.15) is 12.6 Å². The van der Waals surface area contributed by atoms with Gasteiger partial charge in [-0.2, -0.15) is 0 Å². The van der Waals surface area contributed by atoms with Crippen molar-refractivity contribution < 1.29 is 19.5 Å². The number of rotatable bonds is 1. The van der Waals surface area contributed by atoms with Gasteiger partial charge in [-0.1, -0.05) is 13.0 Å². The molecule has 1 aromatic heterocycles. The molecule has 0 aliphatic carbocycles.